The van der Waals surface area contributed by atoms with Gasteiger partial charge < -0.3 is 9.64 Å². The molecule has 4 nitrogen and oxygen atoms in total. The van der Waals surface area contributed by atoms with Gasteiger partial charge in [0.1, 0.15) is 0 Å². The summed E-state index contributed by atoms with van der Waals surface area (Å²) >= 11 is 0. The van der Waals surface area contributed by atoms with E-state index >= 15 is 0 Å². The fourth-order valence-corrected chi connectivity index (χ4v) is 3.65. The van der Waals surface area contributed by atoms with Crippen molar-refractivity contribution in [2.75, 3.05) is 26.8 Å². The van der Waals surface area contributed by atoms with Gasteiger partial charge in [-0.2, -0.15) is 5.26 Å². The second-order valence-electron chi connectivity index (χ2n) is 6.93. The first kappa shape index (κ1) is 18.2. The molecule has 1 fully saturated rings. The number of carbonyl (C=O) groups is 1. The van der Waals surface area contributed by atoms with E-state index < -0.39 is 0 Å². The maximum atomic E-state index is 12.8. The zero-order valence-corrected chi connectivity index (χ0v) is 15.4. The largest absolute Gasteiger partial charge is 0.384 e. The van der Waals surface area contributed by atoms with Crippen molar-refractivity contribution >= 4 is 5.91 Å². The van der Waals surface area contributed by atoms with Gasteiger partial charge >= 0.3 is 0 Å². The summed E-state index contributed by atoms with van der Waals surface area (Å²) in [5.74, 6) is 0.521. The van der Waals surface area contributed by atoms with Crippen molar-refractivity contribution in [3.8, 4) is 17.2 Å². The first-order valence-corrected chi connectivity index (χ1v) is 9.01. The van der Waals surface area contributed by atoms with Gasteiger partial charge in [-0.3, -0.25) is 4.79 Å². The van der Waals surface area contributed by atoms with E-state index in [1.165, 1.54) is 0 Å². The molecule has 0 radical (unpaired) electrons. The normalized spacial score (nSPS) is 17.0. The molecule has 1 aliphatic heterocycles. The number of carbonyl (C=O) groups excluding carboxylic acids is 1. The molecule has 26 heavy (non-hydrogen) atoms. The molecular formula is C22H24N2O2. The molecule has 0 saturated carbocycles. The molecule has 1 unspecified atom stereocenters. The Bertz CT molecular complexity index is 819. The molecule has 0 spiro atoms. The van der Waals surface area contributed by atoms with Crippen LogP contribution in [0.25, 0.3) is 11.1 Å². The predicted molar refractivity (Wildman–Crippen MR) is 102 cm³/mol. The Balaban J connectivity index is 1.75. The van der Waals surface area contributed by atoms with E-state index in [-0.39, 0.29) is 5.91 Å². The average molecular weight is 348 g/mol. The van der Waals surface area contributed by atoms with Crippen molar-refractivity contribution in [1.29, 1.82) is 5.26 Å². The van der Waals surface area contributed by atoms with E-state index in [2.05, 4.69) is 6.07 Å². The van der Waals surface area contributed by atoms with Crippen molar-refractivity contribution < 1.29 is 9.53 Å². The van der Waals surface area contributed by atoms with Gasteiger partial charge in [-0.25, -0.2) is 0 Å². The highest BCUT2D eigenvalue weighted by Gasteiger charge is 2.24. The summed E-state index contributed by atoms with van der Waals surface area (Å²) in [6.45, 7) is 4.29. The molecule has 0 aliphatic carbocycles. The number of likely N-dealkylation sites (tertiary alicyclic amines) is 1. The first-order chi connectivity index (χ1) is 12.6. The number of benzene rings is 2. The predicted octanol–water partition coefficient (Wildman–Crippen LogP) is 4.03. The lowest BCUT2D eigenvalue weighted by Gasteiger charge is -2.32. The summed E-state index contributed by atoms with van der Waals surface area (Å²) in [4.78, 5) is 14.7. The van der Waals surface area contributed by atoms with Crippen LogP contribution in [0.1, 0.15) is 34.3 Å². The van der Waals surface area contributed by atoms with E-state index in [9.17, 15) is 4.79 Å². The van der Waals surface area contributed by atoms with Gasteiger partial charge in [0.15, 0.2) is 0 Å². The number of ether oxygens (including phenoxy) is 1. The zero-order valence-electron chi connectivity index (χ0n) is 15.4. The second-order valence-corrected chi connectivity index (χ2v) is 6.93. The van der Waals surface area contributed by atoms with Gasteiger partial charge in [0.05, 0.1) is 18.2 Å². The maximum absolute atomic E-state index is 12.8. The van der Waals surface area contributed by atoms with Gasteiger partial charge in [0.25, 0.3) is 5.91 Å². The minimum absolute atomic E-state index is 0.0916. The molecule has 4 heteroatoms. The minimum atomic E-state index is 0.0916. The van der Waals surface area contributed by atoms with Crippen LogP contribution in [0.4, 0.5) is 0 Å². The van der Waals surface area contributed by atoms with E-state index in [4.69, 9.17) is 10.00 Å². The monoisotopic (exact) mass is 348 g/mol. The van der Waals surface area contributed by atoms with Crippen LogP contribution in [0.2, 0.25) is 0 Å². The topological polar surface area (TPSA) is 53.3 Å². The minimum Gasteiger partial charge on any atom is -0.384 e. The lowest BCUT2D eigenvalue weighted by atomic mass is 9.96. The SMILES string of the molecule is COCC1CCCN(C(=O)c2ccc(-c3ccc(C#N)cc3C)cc2)C1. The third kappa shape index (κ3) is 3.95. The highest BCUT2D eigenvalue weighted by molar-refractivity contribution is 5.94. The summed E-state index contributed by atoms with van der Waals surface area (Å²) in [7, 11) is 1.71. The van der Waals surface area contributed by atoms with E-state index in [0.29, 0.717) is 18.1 Å². The maximum Gasteiger partial charge on any atom is 0.253 e. The number of nitrogens with zero attached hydrogens (tertiary/aromatic N) is 2. The summed E-state index contributed by atoms with van der Waals surface area (Å²) in [6.07, 6.45) is 2.15. The van der Waals surface area contributed by atoms with Crippen LogP contribution in [-0.4, -0.2) is 37.6 Å². The quantitative estimate of drug-likeness (QED) is 0.838. The van der Waals surface area contributed by atoms with Gasteiger partial charge in [-0.15, -0.1) is 0 Å². The summed E-state index contributed by atoms with van der Waals surface area (Å²) in [5, 5.41) is 9.00. The van der Waals surface area contributed by atoms with Crippen molar-refractivity contribution in [3.63, 3.8) is 0 Å². The summed E-state index contributed by atoms with van der Waals surface area (Å²) in [6, 6.07) is 15.6. The molecule has 0 bridgehead atoms. The molecule has 2 aromatic carbocycles. The van der Waals surface area contributed by atoms with Crippen molar-refractivity contribution in [3.05, 3.63) is 59.2 Å². The highest BCUT2D eigenvalue weighted by atomic mass is 16.5. The number of piperidine rings is 1. The number of hydrogen-bond acceptors (Lipinski definition) is 3. The van der Waals surface area contributed by atoms with E-state index in [1.54, 1.807) is 7.11 Å². The van der Waals surface area contributed by atoms with Gasteiger partial charge in [0, 0.05) is 25.8 Å². The molecule has 0 N–H and O–H groups in total. The average Bonchev–Trinajstić information content (AvgIpc) is 2.68. The molecule has 1 atom stereocenters. The zero-order chi connectivity index (χ0) is 18.5. The van der Waals surface area contributed by atoms with Crippen molar-refractivity contribution in [1.82, 2.24) is 4.90 Å². The number of aryl methyl sites for hydroxylation is 1. The molecule has 2 aromatic rings. The lowest BCUT2D eigenvalue weighted by molar-refractivity contribution is 0.0571. The number of hydrogen-bond donors (Lipinski definition) is 0. The van der Waals surface area contributed by atoms with Gasteiger partial charge in [0.2, 0.25) is 0 Å². The van der Waals surface area contributed by atoms with Crippen molar-refractivity contribution in [2.45, 2.75) is 19.8 Å². The molecule has 3 rings (SSSR count). The van der Waals surface area contributed by atoms with Gasteiger partial charge in [-0.05, 0) is 66.6 Å². The fourth-order valence-electron chi connectivity index (χ4n) is 3.65. The van der Waals surface area contributed by atoms with Crippen LogP contribution >= 0.6 is 0 Å². The molecular weight excluding hydrogens is 324 g/mol. The van der Waals surface area contributed by atoms with Crippen LogP contribution in [0.5, 0.6) is 0 Å². The standard InChI is InChI=1S/C22H24N2O2/c1-16-12-17(13-23)5-10-21(16)19-6-8-20(9-7-19)22(25)24-11-3-4-18(14-24)15-26-2/h5-10,12,18H,3-4,11,14-15H2,1-2H3. The molecule has 134 valence electrons. The number of methoxy groups -OCH3 is 1. The summed E-state index contributed by atoms with van der Waals surface area (Å²) in [5.41, 5.74) is 4.58. The Hall–Kier alpha value is -2.64. The fraction of sp³-hybridized carbons (Fsp3) is 0.364. The number of nitriles is 1. The van der Waals surface area contributed by atoms with Crippen LogP contribution in [-0.2, 0) is 4.74 Å². The summed E-state index contributed by atoms with van der Waals surface area (Å²) < 4.78 is 5.25. The van der Waals surface area contributed by atoms with Crippen LogP contribution in [0.3, 0.4) is 0 Å². The lowest BCUT2D eigenvalue weighted by Crippen LogP contribution is -2.41. The number of rotatable bonds is 4. The molecule has 1 saturated heterocycles. The van der Waals surface area contributed by atoms with Crippen molar-refractivity contribution in [2.24, 2.45) is 5.92 Å². The van der Waals surface area contributed by atoms with E-state index in [1.807, 2.05) is 54.3 Å². The van der Waals surface area contributed by atoms with Crippen LogP contribution < -0.4 is 0 Å². The number of amides is 1. The Morgan fingerprint density at radius 3 is 2.69 bits per heavy atom. The van der Waals surface area contributed by atoms with Crippen LogP contribution in [0, 0.1) is 24.2 Å². The molecule has 0 aromatic heterocycles. The third-order valence-electron chi connectivity index (χ3n) is 5.01. The van der Waals surface area contributed by atoms with E-state index in [0.717, 1.165) is 48.2 Å². The van der Waals surface area contributed by atoms with Gasteiger partial charge in [-0.1, -0.05) is 18.2 Å². The Labute approximate surface area is 155 Å². The third-order valence-corrected chi connectivity index (χ3v) is 5.01. The highest BCUT2D eigenvalue weighted by Crippen LogP contribution is 2.25. The first-order valence-electron chi connectivity index (χ1n) is 9.01. The smallest absolute Gasteiger partial charge is 0.253 e. The molecule has 1 amide bonds. The van der Waals surface area contributed by atoms with Crippen LogP contribution in [0.15, 0.2) is 42.5 Å². The molecule has 1 aliphatic rings. The second kappa shape index (κ2) is 8.16. The Morgan fingerprint density at radius 1 is 1.27 bits per heavy atom. The molecule has 1 heterocycles. The Kier molecular flexibility index (Phi) is 5.70. The Morgan fingerprint density at radius 2 is 2.04 bits per heavy atom.